The molecule has 6 heteroatoms. The first-order chi connectivity index (χ1) is 17.1. The minimum Gasteiger partial charge on any atom is -0.482 e. The smallest absolute Gasteiger partial charge is 0.253 e. The largest absolute Gasteiger partial charge is 0.482 e. The van der Waals surface area contributed by atoms with Gasteiger partial charge in [0.25, 0.3) is 11.8 Å². The van der Waals surface area contributed by atoms with Crippen LogP contribution < -0.4 is 15.4 Å². The predicted octanol–water partition coefficient (Wildman–Crippen LogP) is 4.89. The second kappa shape index (κ2) is 10.5. The average Bonchev–Trinajstić information content (AvgIpc) is 2.87. The van der Waals surface area contributed by atoms with Crippen molar-refractivity contribution in [2.45, 2.75) is 53.1 Å². The van der Waals surface area contributed by atoms with Gasteiger partial charge >= 0.3 is 0 Å². The Morgan fingerprint density at radius 3 is 2.25 bits per heavy atom. The molecule has 1 spiro atoms. The Balaban J connectivity index is 1.70. The zero-order valence-corrected chi connectivity index (χ0v) is 22.2. The van der Waals surface area contributed by atoms with Crippen LogP contribution in [0.5, 0.6) is 5.75 Å². The Labute approximate surface area is 215 Å². The molecule has 2 aromatic carbocycles. The summed E-state index contributed by atoms with van der Waals surface area (Å²) in [6.45, 7) is 14.0. The standard InChI is InChI=1S/C30H39N3O3/c1-6-33(7-2)28(35)22-10-8-21(9-11-22)25-19-30(14-16-31-17-15-30)36-26-13-12-23(18-24(25)26)27(34)32-20-29(3,4)5/h8-13,18-19,31H,6-7,14-17,20H2,1-5H3,(H,32,34). The molecule has 4 rings (SSSR count). The number of fused-ring (bicyclic) bond motifs is 1. The van der Waals surface area contributed by atoms with Gasteiger partial charge in [-0.3, -0.25) is 9.59 Å². The van der Waals surface area contributed by atoms with Crippen molar-refractivity contribution in [2.24, 2.45) is 5.41 Å². The lowest BCUT2D eigenvalue weighted by molar-refractivity contribution is 0.0772. The molecule has 2 aliphatic rings. The molecule has 0 atom stereocenters. The van der Waals surface area contributed by atoms with Crippen LogP contribution in [0.15, 0.2) is 48.5 Å². The van der Waals surface area contributed by atoms with E-state index in [-0.39, 0.29) is 22.8 Å². The average molecular weight is 490 g/mol. The molecule has 2 heterocycles. The second-order valence-electron chi connectivity index (χ2n) is 11.0. The van der Waals surface area contributed by atoms with Crippen molar-refractivity contribution in [1.29, 1.82) is 0 Å². The molecule has 0 bridgehead atoms. The number of nitrogens with zero attached hydrogens (tertiary/aromatic N) is 1. The molecule has 192 valence electrons. The molecule has 0 unspecified atom stereocenters. The number of benzene rings is 2. The lowest BCUT2D eigenvalue weighted by Crippen LogP contribution is -2.46. The highest BCUT2D eigenvalue weighted by atomic mass is 16.5. The maximum absolute atomic E-state index is 12.9. The van der Waals surface area contributed by atoms with Crippen LogP contribution in [0, 0.1) is 5.41 Å². The predicted molar refractivity (Wildman–Crippen MR) is 144 cm³/mol. The topological polar surface area (TPSA) is 70.7 Å². The van der Waals surface area contributed by atoms with Gasteiger partial charge in [0.1, 0.15) is 11.4 Å². The van der Waals surface area contributed by atoms with Gasteiger partial charge < -0.3 is 20.3 Å². The van der Waals surface area contributed by atoms with Gasteiger partial charge in [-0.25, -0.2) is 0 Å². The normalized spacial score (nSPS) is 16.5. The summed E-state index contributed by atoms with van der Waals surface area (Å²) in [5.74, 6) is 0.750. The third kappa shape index (κ3) is 5.65. The first-order valence-corrected chi connectivity index (χ1v) is 13.1. The first-order valence-electron chi connectivity index (χ1n) is 13.1. The van der Waals surface area contributed by atoms with E-state index in [1.54, 1.807) is 0 Å². The number of carbonyl (C=O) groups is 2. The van der Waals surface area contributed by atoms with Gasteiger partial charge in [0.05, 0.1) is 0 Å². The quantitative estimate of drug-likeness (QED) is 0.606. The molecule has 6 nitrogen and oxygen atoms in total. The van der Waals surface area contributed by atoms with Crippen molar-refractivity contribution < 1.29 is 14.3 Å². The van der Waals surface area contributed by atoms with Crippen molar-refractivity contribution in [2.75, 3.05) is 32.7 Å². The van der Waals surface area contributed by atoms with Crippen molar-refractivity contribution in [3.05, 3.63) is 70.8 Å². The monoisotopic (exact) mass is 489 g/mol. The number of rotatable bonds is 6. The summed E-state index contributed by atoms with van der Waals surface area (Å²) in [6, 6.07) is 13.5. The third-order valence-corrected chi connectivity index (χ3v) is 6.98. The van der Waals surface area contributed by atoms with Crippen LogP contribution in [0.4, 0.5) is 0 Å². The number of ether oxygens (including phenoxy) is 1. The molecule has 1 saturated heterocycles. The molecule has 0 aliphatic carbocycles. The fourth-order valence-electron chi connectivity index (χ4n) is 4.83. The lowest BCUT2D eigenvalue weighted by atomic mass is 9.83. The Hall–Kier alpha value is -3.12. The number of piperidine rings is 1. The molecule has 0 radical (unpaired) electrons. The highest BCUT2D eigenvalue weighted by Crippen LogP contribution is 2.43. The van der Waals surface area contributed by atoms with Gasteiger partial charge in [-0.15, -0.1) is 0 Å². The van der Waals surface area contributed by atoms with E-state index < -0.39 is 0 Å². The molecule has 2 amide bonds. The fourth-order valence-corrected chi connectivity index (χ4v) is 4.83. The number of nitrogens with one attached hydrogen (secondary N) is 2. The molecule has 0 aromatic heterocycles. The summed E-state index contributed by atoms with van der Waals surface area (Å²) in [5.41, 5.74) is 3.89. The van der Waals surface area contributed by atoms with E-state index >= 15 is 0 Å². The van der Waals surface area contributed by atoms with E-state index in [1.807, 2.05) is 61.2 Å². The molecular formula is C30H39N3O3. The molecule has 1 fully saturated rings. The summed E-state index contributed by atoms with van der Waals surface area (Å²) in [5, 5.41) is 6.47. The minimum absolute atomic E-state index is 0.00372. The van der Waals surface area contributed by atoms with Gasteiger partial charge in [-0.2, -0.15) is 0 Å². The molecule has 2 aliphatic heterocycles. The zero-order valence-electron chi connectivity index (χ0n) is 22.2. The van der Waals surface area contributed by atoms with E-state index in [0.717, 1.165) is 48.4 Å². The Kier molecular flexibility index (Phi) is 7.55. The highest BCUT2D eigenvalue weighted by Gasteiger charge is 2.37. The van der Waals surface area contributed by atoms with Crippen molar-refractivity contribution in [1.82, 2.24) is 15.5 Å². The maximum Gasteiger partial charge on any atom is 0.253 e. The summed E-state index contributed by atoms with van der Waals surface area (Å²) < 4.78 is 6.57. The van der Waals surface area contributed by atoms with Gasteiger partial charge in [-0.05, 0) is 79.9 Å². The zero-order chi connectivity index (χ0) is 25.9. The summed E-state index contributed by atoms with van der Waals surface area (Å²) in [6.07, 6.45) is 3.98. The van der Waals surface area contributed by atoms with Crippen molar-refractivity contribution in [3.63, 3.8) is 0 Å². The van der Waals surface area contributed by atoms with E-state index in [9.17, 15) is 9.59 Å². The van der Waals surface area contributed by atoms with Gasteiger partial charge in [-0.1, -0.05) is 32.9 Å². The summed E-state index contributed by atoms with van der Waals surface area (Å²) >= 11 is 0. The maximum atomic E-state index is 12.9. The molecule has 2 aromatic rings. The van der Waals surface area contributed by atoms with Crippen molar-refractivity contribution >= 4 is 17.4 Å². The fraction of sp³-hybridized carbons (Fsp3) is 0.467. The lowest BCUT2D eigenvalue weighted by Gasteiger charge is -2.40. The van der Waals surface area contributed by atoms with Gasteiger partial charge in [0, 0.05) is 49.2 Å². The van der Waals surface area contributed by atoms with Crippen LogP contribution in [0.3, 0.4) is 0 Å². The van der Waals surface area contributed by atoms with Crippen LogP contribution in [0.1, 0.15) is 79.3 Å². The number of hydrogen-bond donors (Lipinski definition) is 2. The minimum atomic E-state index is -0.376. The Bertz CT molecular complexity index is 1140. The Morgan fingerprint density at radius 1 is 1.00 bits per heavy atom. The summed E-state index contributed by atoms with van der Waals surface area (Å²) in [4.78, 5) is 27.6. The molecule has 36 heavy (non-hydrogen) atoms. The SMILES string of the molecule is CCN(CC)C(=O)c1ccc(C2=CC3(CCNCC3)Oc3ccc(C(=O)NCC(C)(C)C)cc32)cc1. The van der Waals surface area contributed by atoms with Crippen LogP contribution in [-0.2, 0) is 0 Å². The summed E-state index contributed by atoms with van der Waals surface area (Å²) in [7, 11) is 0. The van der Waals surface area contributed by atoms with Crippen LogP contribution in [0.25, 0.3) is 5.57 Å². The highest BCUT2D eigenvalue weighted by molar-refractivity contribution is 5.97. The van der Waals surface area contributed by atoms with E-state index in [0.29, 0.717) is 30.8 Å². The Morgan fingerprint density at radius 2 is 1.64 bits per heavy atom. The van der Waals surface area contributed by atoms with Crippen LogP contribution >= 0.6 is 0 Å². The van der Waals surface area contributed by atoms with Crippen LogP contribution in [0.2, 0.25) is 0 Å². The van der Waals surface area contributed by atoms with E-state index in [4.69, 9.17) is 4.74 Å². The number of amides is 2. The van der Waals surface area contributed by atoms with Crippen molar-refractivity contribution in [3.8, 4) is 5.75 Å². The first kappa shape index (κ1) is 26.0. The molecule has 0 saturated carbocycles. The second-order valence-corrected chi connectivity index (χ2v) is 11.0. The van der Waals surface area contributed by atoms with E-state index in [2.05, 4.69) is 37.5 Å². The van der Waals surface area contributed by atoms with Gasteiger partial charge in [0.15, 0.2) is 0 Å². The molecule has 2 N–H and O–H groups in total. The number of hydrogen-bond acceptors (Lipinski definition) is 4. The third-order valence-electron chi connectivity index (χ3n) is 6.98. The van der Waals surface area contributed by atoms with E-state index in [1.165, 1.54) is 0 Å². The number of carbonyl (C=O) groups excluding carboxylic acids is 2. The van der Waals surface area contributed by atoms with Gasteiger partial charge in [0.2, 0.25) is 0 Å². The van der Waals surface area contributed by atoms with Crippen LogP contribution in [-0.4, -0.2) is 55.0 Å². The molecular weight excluding hydrogens is 450 g/mol.